The summed E-state index contributed by atoms with van der Waals surface area (Å²) in [4.78, 5) is 31.2. The van der Waals surface area contributed by atoms with Crippen molar-refractivity contribution in [2.45, 2.75) is 19.9 Å². The van der Waals surface area contributed by atoms with Crippen LogP contribution in [0.4, 0.5) is 0 Å². The van der Waals surface area contributed by atoms with Gasteiger partial charge in [0.2, 0.25) is 0 Å². The van der Waals surface area contributed by atoms with Crippen LogP contribution in [0.25, 0.3) is 17.4 Å². The van der Waals surface area contributed by atoms with E-state index in [1.54, 1.807) is 67.6 Å². The largest absolute Gasteiger partial charge is 0.507 e. The van der Waals surface area contributed by atoms with Gasteiger partial charge in [0.1, 0.15) is 23.3 Å². The molecule has 0 unspecified atom stereocenters. The van der Waals surface area contributed by atoms with E-state index in [9.17, 15) is 14.7 Å². The minimum atomic E-state index is -0.785. The Hall–Kier alpha value is -3.39. The fraction of sp³-hybridized carbons (Fsp3) is 0.115. The van der Waals surface area contributed by atoms with Crippen molar-refractivity contribution in [3.8, 4) is 17.1 Å². The van der Waals surface area contributed by atoms with E-state index in [4.69, 9.17) is 27.6 Å². The number of phenolic OH excluding ortho intramolecular Hbond substituents is 1. The van der Waals surface area contributed by atoms with Crippen LogP contribution in [0.1, 0.15) is 31.2 Å². The molecule has 0 amide bonds. The van der Waals surface area contributed by atoms with E-state index in [0.717, 1.165) is 0 Å². The Balaban J connectivity index is 1.70. The molecule has 0 bridgehead atoms. The normalized spacial score (nSPS) is 15.8. The number of aromatic nitrogens is 1. The van der Waals surface area contributed by atoms with Gasteiger partial charge in [-0.15, -0.1) is 0 Å². The van der Waals surface area contributed by atoms with Gasteiger partial charge >= 0.3 is 0 Å². The monoisotopic (exact) mass is 524 g/mol. The van der Waals surface area contributed by atoms with Gasteiger partial charge in [-0.1, -0.05) is 52.7 Å². The summed E-state index contributed by atoms with van der Waals surface area (Å²) in [5, 5.41) is 11.0. The van der Waals surface area contributed by atoms with Crippen molar-refractivity contribution in [2.24, 2.45) is 4.99 Å². The van der Waals surface area contributed by atoms with Crippen molar-refractivity contribution in [3.05, 3.63) is 107 Å². The van der Waals surface area contributed by atoms with E-state index in [1.807, 2.05) is 0 Å². The van der Waals surface area contributed by atoms with E-state index in [1.165, 1.54) is 22.8 Å². The Morgan fingerprint density at radius 3 is 2.63 bits per heavy atom. The van der Waals surface area contributed by atoms with Gasteiger partial charge in [0, 0.05) is 22.4 Å². The Kier molecular flexibility index (Phi) is 6.01. The minimum absolute atomic E-state index is 0.0628. The summed E-state index contributed by atoms with van der Waals surface area (Å²) in [6.45, 7) is 3.19. The number of benzene rings is 2. The molecule has 0 fully saturated rings. The summed E-state index contributed by atoms with van der Waals surface area (Å²) in [7, 11) is 0. The third-order valence-corrected chi connectivity index (χ3v) is 7.45. The van der Waals surface area contributed by atoms with Crippen molar-refractivity contribution >= 4 is 46.4 Å². The third-order valence-electron chi connectivity index (χ3n) is 5.72. The molecular weight excluding hydrogens is 507 g/mol. The van der Waals surface area contributed by atoms with Gasteiger partial charge in [-0.25, -0.2) is 4.99 Å². The summed E-state index contributed by atoms with van der Waals surface area (Å²) < 4.78 is 8.00. The summed E-state index contributed by atoms with van der Waals surface area (Å²) >= 11 is 13.4. The number of thiazole rings is 1. The molecule has 9 heteroatoms. The molecule has 0 saturated carbocycles. The lowest BCUT2D eigenvalue weighted by Gasteiger charge is -2.22. The maximum Gasteiger partial charge on any atom is 0.271 e. The first-order valence-electron chi connectivity index (χ1n) is 10.6. The Labute approximate surface area is 213 Å². The van der Waals surface area contributed by atoms with Crippen LogP contribution in [0.15, 0.2) is 80.1 Å². The fourth-order valence-electron chi connectivity index (χ4n) is 4.09. The Bertz CT molecular complexity index is 1710. The number of rotatable bonds is 4. The van der Waals surface area contributed by atoms with Crippen LogP contribution in [0.5, 0.6) is 5.75 Å². The highest BCUT2D eigenvalue weighted by Gasteiger charge is 2.33. The van der Waals surface area contributed by atoms with E-state index in [-0.39, 0.29) is 17.1 Å². The predicted octanol–water partition coefficient (Wildman–Crippen LogP) is 5.10. The number of phenols is 1. The number of halogens is 2. The number of aromatic hydroxyl groups is 1. The predicted molar refractivity (Wildman–Crippen MR) is 137 cm³/mol. The molecule has 0 saturated heterocycles. The maximum atomic E-state index is 13.5. The number of allylic oxidation sites excluding steroid dienone is 2. The van der Waals surface area contributed by atoms with Crippen LogP contribution in [0.2, 0.25) is 10.0 Å². The molecule has 3 heterocycles. The van der Waals surface area contributed by atoms with Gasteiger partial charge in [0.25, 0.3) is 5.56 Å². The summed E-state index contributed by atoms with van der Waals surface area (Å²) in [5.41, 5.74) is 1.78. The van der Waals surface area contributed by atoms with Gasteiger partial charge in [-0.05, 0) is 56.3 Å². The van der Waals surface area contributed by atoms with Gasteiger partial charge in [0.15, 0.2) is 10.6 Å². The molecule has 35 heavy (non-hydrogen) atoms. The number of ketones is 1. The Morgan fingerprint density at radius 2 is 1.91 bits per heavy atom. The minimum Gasteiger partial charge on any atom is -0.507 e. The SMILES string of the molecule is CC(=O)C1=C(C)N=c2s/c(=C/c3ccccc3O)c(=O)n2[C@@H]1c1ccc(-c2ccc(Cl)c(Cl)c2)o1. The number of carbonyl (C=O) groups is 1. The average Bonchev–Trinajstić information content (AvgIpc) is 3.41. The zero-order chi connectivity index (χ0) is 24.9. The molecule has 176 valence electrons. The fourth-order valence-corrected chi connectivity index (χ4v) is 5.43. The quantitative estimate of drug-likeness (QED) is 0.402. The molecule has 0 spiro atoms. The molecule has 0 aliphatic carbocycles. The van der Waals surface area contributed by atoms with Crippen molar-refractivity contribution in [2.75, 3.05) is 0 Å². The lowest BCUT2D eigenvalue weighted by Crippen LogP contribution is -2.39. The number of nitrogens with zero attached hydrogens (tertiary/aromatic N) is 2. The van der Waals surface area contributed by atoms with Crippen LogP contribution in [-0.4, -0.2) is 15.5 Å². The van der Waals surface area contributed by atoms with Crippen molar-refractivity contribution in [3.63, 3.8) is 0 Å². The highest BCUT2D eigenvalue weighted by Crippen LogP contribution is 2.35. The molecule has 5 rings (SSSR count). The molecule has 1 atom stereocenters. The molecule has 2 aromatic heterocycles. The van der Waals surface area contributed by atoms with E-state index in [0.29, 0.717) is 53.3 Å². The number of hydrogen-bond donors (Lipinski definition) is 1. The van der Waals surface area contributed by atoms with Crippen molar-refractivity contribution in [1.82, 2.24) is 4.57 Å². The molecule has 0 radical (unpaired) electrons. The zero-order valence-corrected chi connectivity index (χ0v) is 20.9. The third kappa shape index (κ3) is 4.16. The molecule has 6 nitrogen and oxygen atoms in total. The van der Waals surface area contributed by atoms with Crippen LogP contribution in [-0.2, 0) is 4.79 Å². The smallest absolute Gasteiger partial charge is 0.271 e. The van der Waals surface area contributed by atoms with Gasteiger partial charge < -0.3 is 9.52 Å². The van der Waals surface area contributed by atoms with E-state index in [2.05, 4.69) is 4.99 Å². The van der Waals surface area contributed by atoms with Gasteiger partial charge in [-0.2, -0.15) is 0 Å². The molecule has 1 aliphatic rings. The molecular formula is C26H18Cl2N2O4S. The summed E-state index contributed by atoms with van der Waals surface area (Å²) in [5.74, 6) is 0.791. The summed E-state index contributed by atoms with van der Waals surface area (Å²) in [6.07, 6.45) is 1.62. The van der Waals surface area contributed by atoms with Crippen LogP contribution < -0.4 is 14.9 Å². The molecule has 2 aromatic carbocycles. The number of furan rings is 1. The van der Waals surface area contributed by atoms with E-state index >= 15 is 0 Å². The first-order chi connectivity index (χ1) is 16.7. The number of para-hydroxylation sites is 1. The lowest BCUT2D eigenvalue weighted by molar-refractivity contribution is -0.114. The Morgan fingerprint density at radius 1 is 1.14 bits per heavy atom. The summed E-state index contributed by atoms with van der Waals surface area (Å²) in [6, 6.07) is 14.6. The lowest BCUT2D eigenvalue weighted by atomic mass is 9.98. The second-order valence-corrected chi connectivity index (χ2v) is 9.85. The van der Waals surface area contributed by atoms with Crippen LogP contribution >= 0.6 is 34.5 Å². The number of hydrogen-bond acceptors (Lipinski definition) is 6. The van der Waals surface area contributed by atoms with E-state index < -0.39 is 6.04 Å². The standard InChI is InChI=1S/C26H18Cl2N2O4S/c1-13-23(14(2)31)24(21-10-9-20(34-21)16-7-8-17(27)18(28)11-16)30-25(33)22(35-26(30)29-13)12-15-5-3-4-6-19(15)32/h3-12,24,32H,1-2H3/b22-12+/t24-/m1/s1. The number of Topliss-reactive ketones (excluding diaryl/α,β-unsaturated/α-hetero) is 1. The second kappa shape index (κ2) is 9.00. The average molecular weight is 525 g/mol. The van der Waals surface area contributed by atoms with Gasteiger partial charge in [-0.3, -0.25) is 14.2 Å². The maximum absolute atomic E-state index is 13.5. The molecule has 1 N–H and O–H groups in total. The second-order valence-electron chi connectivity index (χ2n) is 8.03. The highest BCUT2D eigenvalue weighted by atomic mass is 35.5. The molecule has 4 aromatic rings. The van der Waals surface area contributed by atoms with Crippen molar-refractivity contribution < 1.29 is 14.3 Å². The van der Waals surface area contributed by atoms with Crippen molar-refractivity contribution in [1.29, 1.82) is 0 Å². The first-order valence-corrected chi connectivity index (χ1v) is 12.2. The highest BCUT2D eigenvalue weighted by molar-refractivity contribution is 7.07. The number of fused-ring (bicyclic) bond motifs is 1. The van der Waals surface area contributed by atoms with Crippen LogP contribution in [0.3, 0.4) is 0 Å². The topological polar surface area (TPSA) is 84.8 Å². The zero-order valence-electron chi connectivity index (χ0n) is 18.6. The molecule has 1 aliphatic heterocycles. The van der Waals surface area contributed by atoms with Gasteiger partial charge in [0.05, 0.1) is 14.6 Å². The number of carbonyl (C=O) groups excluding carboxylic acids is 1. The first kappa shape index (κ1) is 23.4. The van der Waals surface area contributed by atoms with Crippen LogP contribution in [0, 0.1) is 0 Å².